The van der Waals surface area contributed by atoms with Crippen LogP contribution in [0, 0.1) is 13.8 Å². The summed E-state index contributed by atoms with van der Waals surface area (Å²) in [6.07, 6.45) is 0. The summed E-state index contributed by atoms with van der Waals surface area (Å²) in [5.41, 5.74) is 8.92. The van der Waals surface area contributed by atoms with E-state index in [9.17, 15) is 0 Å². The number of nitrogen functional groups attached to an aromatic ring is 1. The molecule has 0 saturated heterocycles. The summed E-state index contributed by atoms with van der Waals surface area (Å²) in [5.74, 6) is 0. The maximum atomic E-state index is 5.80. The van der Waals surface area contributed by atoms with Crippen LogP contribution >= 0.6 is 11.3 Å². The lowest BCUT2D eigenvalue weighted by atomic mass is 10.2. The molecule has 62 valence electrons. The Morgan fingerprint density at radius 1 is 1.42 bits per heavy atom. The van der Waals surface area contributed by atoms with Crippen LogP contribution in [0.3, 0.4) is 0 Å². The molecule has 2 aromatic rings. The van der Waals surface area contributed by atoms with E-state index in [1.54, 1.807) is 11.3 Å². The SMILES string of the molecule is Cc1cc(C)c2c(N)csc2n1. The van der Waals surface area contributed by atoms with E-state index in [0.717, 1.165) is 21.6 Å². The van der Waals surface area contributed by atoms with Gasteiger partial charge in [0, 0.05) is 16.5 Å². The summed E-state index contributed by atoms with van der Waals surface area (Å²) < 4.78 is 0. The van der Waals surface area contributed by atoms with Crippen LogP contribution in [0.25, 0.3) is 10.2 Å². The van der Waals surface area contributed by atoms with Gasteiger partial charge in [-0.3, -0.25) is 0 Å². The van der Waals surface area contributed by atoms with Gasteiger partial charge < -0.3 is 5.73 Å². The zero-order valence-corrected chi connectivity index (χ0v) is 7.90. The molecule has 0 fully saturated rings. The molecule has 0 spiro atoms. The van der Waals surface area contributed by atoms with Gasteiger partial charge in [0.2, 0.25) is 0 Å². The number of thiophene rings is 1. The lowest BCUT2D eigenvalue weighted by Crippen LogP contribution is -1.87. The van der Waals surface area contributed by atoms with Crippen molar-refractivity contribution >= 4 is 27.2 Å². The van der Waals surface area contributed by atoms with Crippen molar-refractivity contribution in [2.75, 3.05) is 5.73 Å². The van der Waals surface area contributed by atoms with Crippen molar-refractivity contribution in [2.45, 2.75) is 13.8 Å². The van der Waals surface area contributed by atoms with Gasteiger partial charge in [-0.2, -0.15) is 0 Å². The van der Waals surface area contributed by atoms with Gasteiger partial charge in [-0.25, -0.2) is 4.98 Å². The molecule has 2 rings (SSSR count). The van der Waals surface area contributed by atoms with Gasteiger partial charge in [-0.15, -0.1) is 11.3 Å². The molecule has 3 heteroatoms. The molecule has 2 nitrogen and oxygen atoms in total. The van der Waals surface area contributed by atoms with Crippen molar-refractivity contribution in [3.63, 3.8) is 0 Å². The minimum atomic E-state index is 0.847. The van der Waals surface area contributed by atoms with Gasteiger partial charge in [0.05, 0.1) is 5.69 Å². The van der Waals surface area contributed by atoms with Crippen molar-refractivity contribution in [3.05, 3.63) is 22.7 Å². The molecule has 0 aliphatic heterocycles. The number of nitrogens with zero attached hydrogens (tertiary/aromatic N) is 1. The number of hydrogen-bond acceptors (Lipinski definition) is 3. The molecule has 2 N–H and O–H groups in total. The predicted molar refractivity (Wildman–Crippen MR) is 53.5 cm³/mol. The Bertz CT molecular complexity index is 431. The van der Waals surface area contributed by atoms with Gasteiger partial charge in [0.15, 0.2) is 0 Å². The summed E-state index contributed by atoms with van der Waals surface area (Å²) in [5, 5.41) is 3.06. The zero-order valence-electron chi connectivity index (χ0n) is 7.09. The van der Waals surface area contributed by atoms with Crippen molar-refractivity contribution in [2.24, 2.45) is 0 Å². The molecule has 0 aliphatic rings. The first-order chi connectivity index (χ1) is 5.68. The van der Waals surface area contributed by atoms with Gasteiger partial charge in [-0.1, -0.05) is 0 Å². The largest absolute Gasteiger partial charge is 0.397 e. The third-order valence-electron chi connectivity index (χ3n) is 1.90. The number of rotatable bonds is 0. The minimum Gasteiger partial charge on any atom is -0.397 e. The predicted octanol–water partition coefficient (Wildman–Crippen LogP) is 2.50. The monoisotopic (exact) mass is 178 g/mol. The Kier molecular flexibility index (Phi) is 1.54. The Balaban J connectivity index is 2.93. The summed E-state index contributed by atoms with van der Waals surface area (Å²) in [6.45, 7) is 4.07. The third-order valence-corrected chi connectivity index (χ3v) is 2.79. The molecule has 0 aliphatic carbocycles. The van der Waals surface area contributed by atoms with E-state index >= 15 is 0 Å². The topological polar surface area (TPSA) is 38.9 Å². The van der Waals surface area contributed by atoms with E-state index in [0.29, 0.717) is 0 Å². The summed E-state index contributed by atoms with van der Waals surface area (Å²) in [4.78, 5) is 5.44. The van der Waals surface area contributed by atoms with Gasteiger partial charge in [0.1, 0.15) is 4.83 Å². The van der Waals surface area contributed by atoms with Gasteiger partial charge >= 0.3 is 0 Å². The Morgan fingerprint density at radius 3 is 2.92 bits per heavy atom. The lowest BCUT2D eigenvalue weighted by Gasteiger charge is -1.98. The minimum absolute atomic E-state index is 0.847. The van der Waals surface area contributed by atoms with E-state index in [2.05, 4.69) is 18.0 Å². The molecule has 0 atom stereocenters. The van der Waals surface area contributed by atoms with Crippen molar-refractivity contribution in [1.29, 1.82) is 0 Å². The summed E-state index contributed by atoms with van der Waals surface area (Å²) >= 11 is 1.61. The van der Waals surface area contributed by atoms with E-state index in [1.807, 2.05) is 12.3 Å². The second-order valence-corrected chi connectivity index (χ2v) is 3.81. The van der Waals surface area contributed by atoms with Crippen LogP contribution in [0.2, 0.25) is 0 Å². The maximum Gasteiger partial charge on any atom is 0.125 e. The van der Waals surface area contributed by atoms with Crippen LogP contribution in [0.4, 0.5) is 5.69 Å². The van der Waals surface area contributed by atoms with Crippen LogP contribution in [-0.2, 0) is 0 Å². The lowest BCUT2D eigenvalue weighted by molar-refractivity contribution is 1.25. The highest BCUT2D eigenvalue weighted by molar-refractivity contribution is 7.17. The molecule has 0 bridgehead atoms. The highest BCUT2D eigenvalue weighted by Crippen LogP contribution is 2.29. The van der Waals surface area contributed by atoms with E-state index < -0.39 is 0 Å². The van der Waals surface area contributed by atoms with E-state index in [4.69, 9.17) is 5.73 Å². The standard InChI is InChI=1S/C9H10N2S/c1-5-3-6(2)11-9-8(5)7(10)4-12-9/h3-4H,10H2,1-2H3. The normalized spacial score (nSPS) is 10.8. The first-order valence-electron chi connectivity index (χ1n) is 3.79. The fourth-order valence-electron chi connectivity index (χ4n) is 1.42. The smallest absolute Gasteiger partial charge is 0.125 e. The third kappa shape index (κ3) is 0.975. The Hall–Kier alpha value is -1.09. The molecular weight excluding hydrogens is 168 g/mol. The number of anilines is 1. The first-order valence-corrected chi connectivity index (χ1v) is 4.67. The molecule has 0 saturated carbocycles. The Morgan fingerprint density at radius 2 is 2.17 bits per heavy atom. The van der Waals surface area contributed by atoms with Crippen LogP contribution < -0.4 is 5.73 Å². The van der Waals surface area contributed by atoms with Crippen LogP contribution in [0.15, 0.2) is 11.4 Å². The van der Waals surface area contributed by atoms with E-state index in [-0.39, 0.29) is 0 Å². The maximum absolute atomic E-state index is 5.80. The molecule has 0 amide bonds. The molecule has 0 unspecified atom stereocenters. The number of aryl methyl sites for hydroxylation is 2. The molecule has 2 aromatic heterocycles. The first kappa shape index (κ1) is 7.55. The quantitative estimate of drug-likeness (QED) is 0.673. The Labute approximate surface area is 75.0 Å². The molecule has 2 heterocycles. The highest BCUT2D eigenvalue weighted by Gasteiger charge is 2.05. The number of pyridine rings is 1. The summed E-state index contributed by atoms with van der Waals surface area (Å²) in [6, 6.07) is 2.06. The number of hydrogen-bond donors (Lipinski definition) is 1. The van der Waals surface area contributed by atoms with Gasteiger partial charge in [-0.05, 0) is 25.5 Å². The van der Waals surface area contributed by atoms with Gasteiger partial charge in [0.25, 0.3) is 0 Å². The summed E-state index contributed by atoms with van der Waals surface area (Å²) in [7, 11) is 0. The van der Waals surface area contributed by atoms with Crippen LogP contribution in [0.1, 0.15) is 11.3 Å². The zero-order chi connectivity index (χ0) is 8.72. The number of fused-ring (bicyclic) bond motifs is 1. The van der Waals surface area contributed by atoms with E-state index in [1.165, 1.54) is 5.56 Å². The molecular formula is C9H10N2S. The molecule has 0 aromatic carbocycles. The molecule has 0 radical (unpaired) electrons. The van der Waals surface area contributed by atoms with Crippen LogP contribution in [-0.4, -0.2) is 4.98 Å². The number of nitrogens with two attached hydrogens (primary N) is 1. The number of aromatic nitrogens is 1. The molecule has 12 heavy (non-hydrogen) atoms. The van der Waals surface area contributed by atoms with Crippen molar-refractivity contribution in [1.82, 2.24) is 4.98 Å². The second-order valence-electron chi connectivity index (χ2n) is 2.95. The van der Waals surface area contributed by atoms with Crippen LogP contribution in [0.5, 0.6) is 0 Å². The highest BCUT2D eigenvalue weighted by atomic mass is 32.1. The fourth-order valence-corrected chi connectivity index (χ4v) is 2.37. The average molecular weight is 178 g/mol. The second kappa shape index (κ2) is 2.45. The fraction of sp³-hybridized carbons (Fsp3) is 0.222. The van der Waals surface area contributed by atoms with Crippen molar-refractivity contribution in [3.8, 4) is 0 Å². The average Bonchev–Trinajstić information content (AvgIpc) is 2.31. The van der Waals surface area contributed by atoms with Crippen molar-refractivity contribution < 1.29 is 0 Å².